The van der Waals surface area contributed by atoms with Crippen molar-refractivity contribution in [1.82, 2.24) is 0 Å². The zero-order valence-corrected chi connectivity index (χ0v) is 19.6. The first-order valence-electron chi connectivity index (χ1n) is 11.1. The summed E-state index contributed by atoms with van der Waals surface area (Å²) in [6.07, 6.45) is 2.43. The summed E-state index contributed by atoms with van der Waals surface area (Å²) >= 11 is 2.30. The number of carbonyl (C=O) groups excluding carboxylic acids is 1. The number of benzene rings is 3. The number of hydrogen-bond acceptors (Lipinski definition) is 5. The molecule has 0 aromatic heterocycles. The molecule has 160 valence electrons. The van der Waals surface area contributed by atoms with Crippen LogP contribution in [0, 0.1) is 3.57 Å². The molecule has 3 aromatic rings. The van der Waals surface area contributed by atoms with Gasteiger partial charge in [0.25, 0.3) is 0 Å². The van der Waals surface area contributed by atoms with Gasteiger partial charge in [-0.3, -0.25) is 0 Å². The molecule has 4 heterocycles. The molecule has 0 amide bonds. The summed E-state index contributed by atoms with van der Waals surface area (Å²) in [7, 11) is 0. The molecule has 0 N–H and O–H groups in total. The lowest BCUT2D eigenvalue weighted by Crippen LogP contribution is -2.38. The van der Waals surface area contributed by atoms with Gasteiger partial charge < -0.3 is 19.3 Å². The molecule has 0 radical (unpaired) electrons. The van der Waals surface area contributed by atoms with E-state index < -0.39 is 5.60 Å². The molecule has 3 aromatic carbocycles. The van der Waals surface area contributed by atoms with Gasteiger partial charge in [-0.05, 0) is 77.9 Å². The van der Waals surface area contributed by atoms with Crippen LogP contribution in [0.4, 0.5) is 11.4 Å². The maximum Gasteiger partial charge on any atom is 0.340 e. The number of anilines is 2. The zero-order valence-electron chi connectivity index (χ0n) is 17.4. The van der Waals surface area contributed by atoms with Crippen LogP contribution in [-0.2, 0) is 10.3 Å². The van der Waals surface area contributed by atoms with E-state index in [1.165, 1.54) is 12.8 Å². The van der Waals surface area contributed by atoms with E-state index in [0.29, 0.717) is 5.56 Å². The fourth-order valence-electron chi connectivity index (χ4n) is 5.21. The van der Waals surface area contributed by atoms with Crippen LogP contribution in [0.2, 0.25) is 0 Å². The summed E-state index contributed by atoms with van der Waals surface area (Å²) in [6.45, 7) is 4.26. The van der Waals surface area contributed by atoms with Crippen LogP contribution in [0.25, 0.3) is 0 Å². The van der Waals surface area contributed by atoms with Gasteiger partial charge in [0, 0.05) is 69.9 Å². The Kier molecular flexibility index (Phi) is 3.90. The van der Waals surface area contributed by atoms with Crippen molar-refractivity contribution in [3.63, 3.8) is 0 Å². The molecule has 4 aliphatic rings. The van der Waals surface area contributed by atoms with Crippen molar-refractivity contribution in [2.45, 2.75) is 18.4 Å². The molecular weight excluding hydrogens is 515 g/mol. The van der Waals surface area contributed by atoms with E-state index in [1.807, 2.05) is 12.1 Å². The summed E-state index contributed by atoms with van der Waals surface area (Å²) in [4.78, 5) is 17.7. The highest BCUT2D eigenvalue weighted by molar-refractivity contribution is 14.1. The minimum absolute atomic E-state index is 0.283. The summed E-state index contributed by atoms with van der Waals surface area (Å²) in [6, 6.07) is 18.5. The largest absolute Gasteiger partial charge is 0.456 e. The predicted octanol–water partition coefficient (Wildman–Crippen LogP) is 5.28. The molecule has 32 heavy (non-hydrogen) atoms. The second-order valence-electron chi connectivity index (χ2n) is 8.90. The first kappa shape index (κ1) is 18.8. The molecule has 7 rings (SSSR count). The molecular formula is C26H21IN2O3. The number of ether oxygens (including phenoxy) is 2. The van der Waals surface area contributed by atoms with Crippen LogP contribution >= 0.6 is 22.6 Å². The Bertz CT molecular complexity index is 1230. The van der Waals surface area contributed by atoms with E-state index in [0.717, 1.165) is 69.3 Å². The fraction of sp³-hybridized carbons (Fsp3) is 0.269. The smallest absolute Gasteiger partial charge is 0.340 e. The number of halogens is 1. The molecule has 0 unspecified atom stereocenters. The molecule has 5 nitrogen and oxygen atoms in total. The molecule has 1 spiro atoms. The van der Waals surface area contributed by atoms with Crippen molar-refractivity contribution in [3.8, 4) is 11.5 Å². The van der Waals surface area contributed by atoms with Gasteiger partial charge in [-0.1, -0.05) is 0 Å². The van der Waals surface area contributed by atoms with Gasteiger partial charge in [0.1, 0.15) is 11.5 Å². The van der Waals surface area contributed by atoms with Crippen LogP contribution in [0.3, 0.4) is 0 Å². The Labute approximate surface area is 200 Å². The van der Waals surface area contributed by atoms with Crippen molar-refractivity contribution >= 4 is 39.9 Å². The Morgan fingerprint density at radius 1 is 0.750 bits per heavy atom. The third kappa shape index (κ3) is 2.47. The first-order chi connectivity index (χ1) is 15.6. The molecule has 6 heteroatoms. The maximum absolute atomic E-state index is 13.0. The van der Waals surface area contributed by atoms with Crippen molar-refractivity contribution in [2.75, 3.05) is 36.0 Å². The van der Waals surface area contributed by atoms with E-state index in [2.05, 4.69) is 74.9 Å². The van der Waals surface area contributed by atoms with Crippen molar-refractivity contribution in [3.05, 3.63) is 80.4 Å². The zero-order chi connectivity index (χ0) is 21.4. The lowest BCUT2D eigenvalue weighted by Gasteiger charge is -2.39. The van der Waals surface area contributed by atoms with E-state index in [9.17, 15) is 4.79 Å². The average molecular weight is 536 g/mol. The van der Waals surface area contributed by atoms with Gasteiger partial charge in [-0.2, -0.15) is 0 Å². The van der Waals surface area contributed by atoms with E-state index in [1.54, 1.807) is 0 Å². The standard InChI is InChI=1S/C26H21IN2O3/c27-16-3-6-19-22(13-16)26(32-25(19)30)20-7-4-17(28-9-1-10-28)14-23(20)31-24-15-18(5-8-21(24)26)29-11-2-12-29/h3-8,13-15H,1-2,9-12H2. The van der Waals surface area contributed by atoms with Gasteiger partial charge >= 0.3 is 5.97 Å². The Morgan fingerprint density at radius 3 is 1.88 bits per heavy atom. The van der Waals surface area contributed by atoms with Gasteiger partial charge in [0.2, 0.25) is 0 Å². The van der Waals surface area contributed by atoms with Gasteiger partial charge in [0.05, 0.1) is 5.56 Å². The molecule has 0 aliphatic carbocycles. The van der Waals surface area contributed by atoms with Crippen LogP contribution < -0.4 is 14.5 Å². The molecule has 2 saturated heterocycles. The van der Waals surface area contributed by atoms with Crippen molar-refractivity contribution in [1.29, 1.82) is 0 Å². The number of rotatable bonds is 2. The van der Waals surface area contributed by atoms with Gasteiger partial charge in [-0.25, -0.2) is 4.79 Å². The molecule has 2 fully saturated rings. The summed E-state index contributed by atoms with van der Waals surface area (Å²) in [5.41, 5.74) is 4.62. The lowest BCUT2D eigenvalue weighted by molar-refractivity contribution is 0.0224. The third-order valence-electron chi connectivity index (χ3n) is 7.18. The molecule has 0 saturated carbocycles. The minimum atomic E-state index is -0.989. The van der Waals surface area contributed by atoms with Crippen molar-refractivity contribution < 1.29 is 14.3 Å². The number of nitrogens with zero attached hydrogens (tertiary/aromatic N) is 2. The normalized spacial score (nSPS) is 19.3. The molecule has 0 atom stereocenters. The predicted molar refractivity (Wildman–Crippen MR) is 131 cm³/mol. The third-order valence-corrected chi connectivity index (χ3v) is 7.85. The topological polar surface area (TPSA) is 42.0 Å². The van der Waals surface area contributed by atoms with E-state index in [4.69, 9.17) is 9.47 Å². The van der Waals surface area contributed by atoms with Crippen LogP contribution in [0.5, 0.6) is 11.5 Å². The highest BCUT2D eigenvalue weighted by atomic mass is 127. The number of esters is 1. The number of hydrogen-bond donors (Lipinski definition) is 0. The average Bonchev–Trinajstić information content (AvgIpc) is 2.98. The molecule has 4 aliphatic heterocycles. The van der Waals surface area contributed by atoms with Crippen molar-refractivity contribution in [2.24, 2.45) is 0 Å². The summed E-state index contributed by atoms with van der Waals surface area (Å²) < 4.78 is 13.9. The maximum atomic E-state index is 13.0. The monoisotopic (exact) mass is 536 g/mol. The van der Waals surface area contributed by atoms with E-state index in [-0.39, 0.29) is 5.97 Å². The SMILES string of the molecule is O=C1OC2(c3ccc(N4CCC4)cc3Oc3cc(N4CCC4)ccc32)c2cc(I)ccc21. The van der Waals surface area contributed by atoms with Crippen LogP contribution in [-0.4, -0.2) is 32.1 Å². The van der Waals surface area contributed by atoms with Gasteiger partial charge in [0.15, 0.2) is 5.60 Å². The second kappa shape index (κ2) is 6.63. The fourth-order valence-corrected chi connectivity index (χ4v) is 5.70. The highest BCUT2D eigenvalue weighted by Gasteiger charge is 2.53. The Hall–Kier alpha value is -2.74. The second-order valence-corrected chi connectivity index (χ2v) is 10.2. The minimum Gasteiger partial charge on any atom is -0.456 e. The Balaban J connectivity index is 1.48. The van der Waals surface area contributed by atoms with Crippen LogP contribution in [0.15, 0.2) is 54.6 Å². The lowest BCUT2D eigenvalue weighted by atomic mass is 9.77. The highest BCUT2D eigenvalue weighted by Crippen LogP contribution is 2.57. The summed E-state index contributed by atoms with van der Waals surface area (Å²) in [5, 5.41) is 0. The number of fused-ring (bicyclic) bond motifs is 6. The van der Waals surface area contributed by atoms with E-state index >= 15 is 0 Å². The Morgan fingerprint density at radius 2 is 1.34 bits per heavy atom. The summed E-state index contributed by atoms with van der Waals surface area (Å²) in [5.74, 6) is 1.25. The molecule has 0 bridgehead atoms. The first-order valence-corrected chi connectivity index (χ1v) is 12.2. The van der Waals surface area contributed by atoms with Crippen LogP contribution in [0.1, 0.15) is 39.9 Å². The number of carbonyl (C=O) groups is 1. The van der Waals surface area contributed by atoms with Gasteiger partial charge in [-0.15, -0.1) is 0 Å². The quantitative estimate of drug-likeness (QED) is 0.330.